The number of aryl methyl sites for hydroxylation is 1. The Morgan fingerprint density at radius 2 is 1.87 bits per heavy atom. The highest BCUT2D eigenvalue weighted by Gasteiger charge is 2.05. The molecule has 0 fully saturated rings. The summed E-state index contributed by atoms with van der Waals surface area (Å²) in [5.74, 6) is 0.484. The van der Waals surface area contributed by atoms with Gasteiger partial charge < -0.3 is 0 Å². The maximum Gasteiger partial charge on any atom is 0.183 e. The van der Waals surface area contributed by atoms with Gasteiger partial charge in [0, 0.05) is 5.56 Å². The lowest BCUT2D eigenvalue weighted by molar-refractivity contribution is 0.922. The van der Waals surface area contributed by atoms with Gasteiger partial charge in [-0.15, -0.1) is 5.10 Å². The third-order valence-corrected chi connectivity index (χ3v) is 1.99. The van der Waals surface area contributed by atoms with E-state index in [1.807, 2.05) is 36.4 Å². The number of rotatable bonds is 1. The minimum atomic E-state index is 0.323. The van der Waals surface area contributed by atoms with Crippen LogP contribution in [0.1, 0.15) is 11.4 Å². The predicted molar refractivity (Wildman–Crippen MR) is 54.7 cm³/mol. The van der Waals surface area contributed by atoms with Crippen molar-refractivity contribution < 1.29 is 0 Å². The van der Waals surface area contributed by atoms with E-state index in [0.717, 1.165) is 5.56 Å². The first-order chi connectivity index (χ1) is 7.31. The zero-order valence-electron chi connectivity index (χ0n) is 8.18. The molecule has 0 aliphatic heterocycles. The first kappa shape index (κ1) is 9.28. The SMILES string of the molecule is Cc1nnc(-c2ccccc2)nc1C#N. The van der Waals surface area contributed by atoms with Crippen molar-refractivity contribution in [3.05, 3.63) is 41.7 Å². The molecule has 1 heterocycles. The third-order valence-electron chi connectivity index (χ3n) is 1.99. The van der Waals surface area contributed by atoms with E-state index in [9.17, 15) is 0 Å². The summed E-state index contributed by atoms with van der Waals surface area (Å²) in [4.78, 5) is 4.13. The van der Waals surface area contributed by atoms with Gasteiger partial charge in [-0.3, -0.25) is 0 Å². The summed E-state index contributed by atoms with van der Waals surface area (Å²) in [5, 5.41) is 16.6. The van der Waals surface area contributed by atoms with E-state index in [-0.39, 0.29) is 0 Å². The van der Waals surface area contributed by atoms with Gasteiger partial charge in [-0.05, 0) is 6.92 Å². The number of nitriles is 1. The summed E-state index contributed by atoms with van der Waals surface area (Å²) in [7, 11) is 0. The van der Waals surface area contributed by atoms with Gasteiger partial charge in [0.05, 0.1) is 5.69 Å². The summed E-state index contributed by atoms with van der Waals surface area (Å²) in [6.45, 7) is 1.72. The molecule has 0 unspecified atom stereocenters. The van der Waals surface area contributed by atoms with E-state index >= 15 is 0 Å². The lowest BCUT2D eigenvalue weighted by Gasteiger charge is -1.99. The van der Waals surface area contributed by atoms with Crippen LogP contribution in [0.4, 0.5) is 0 Å². The van der Waals surface area contributed by atoms with Gasteiger partial charge >= 0.3 is 0 Å². The molecule has 0 radical (unpaired) electrons. The van der Waals surface area contributed by atoms with Gasteiger partial charge in [-0.25, -0.2) is 4.98 Å². The first-order valence-electron chi connectivity index (χ1n) is 4.48. The fourth-order valence-electron chi connectivity index (χ4n) is 1.19. The van der Waals surface area contributed by atoms with Gasteiger partial charge in [0.25, 0.3) is 0 Å². The minimum absolute atomic E-state index is 0.323. The average molecular weight is 196 g/mol. The Bertz CT molecular complexity index is 514. The maximum atomic E-state index is 8.81. The Morgan fingerprint density at radius 3 is 2.53 bits per heavy atom. The molecule has 0 amide bonds. The molecule has 0 atom stereocenters. The summed E-state index contributed by atoms with van der Waals surface area (Å²) >= 11 is 0. The highest BCUT2D eigenvalue weighted by atomic mass is 15.2. The van der Waals surface area contributed by atoms with Gasteiger partial charge in [-0.1, -0.05) is 30.3 Å². The number of benzene rings is 1. The van der Waals surface area contributed by atoms with Gasteiger partial charge in [0.15, 0.2) is 11.5 Å². The van der Waals surface area contributed by atoms with E-state index in [1.165, 1.54) is 0 Å². The van der Waals surface area contributed by atoms with E-state index in [2.05, 4.69) is 15.2 Å². The summed E-state index contributed by atoms with van der Waals surface area (Å²) in [6.07, 6.45) is 0. The molecule has 2 rings (SSSR count). The van der Waals surface area contributed by atoms with Crippen molar-refractivity contribution in [2.75, 3.05) is 0 Å². The molecule has 15 heavy (non-hydrogen) atoms. The summed E-state index contributed by atoms with van der Waals surface area (Å²) in [5.41, 5.74) is 1.74. The quantitative estimate of drug-likeness (QED) is 0.696. The Morgan fingerprint density at radius 1 is 1.13 bits per heavy atom. The molecule has 0 aliphatic carbocycles. The fourth-order valence-corrected chi connectivity index (χ4v) is 1.19. The number of nitrogens with zero attached hydrogens (tertiary/aromatic N) is 4. The molecule has 1 aromatic carbocycles. The van der Waals surface area contributed by atoms with Crippen LogP contribution in [0.5, 0.6) is 0 Å². The zero-order chi connectivity index (χ0) is 10.7. The maximum absolute atomic E-state index is 8.81. The van der Waals surface area contributed by atoms with E-state index < -0.39 is 0 Å². The molecule has 2 aromatic rings. The van der Waals surface area contributed by atoms with Crippen LogP contribution in [0.25, 0.3) is 11.4 Å². The second-order valence-corrected chi connectivity index (χ2v) is 3.05. The number of aromatic nitrogens is 3. The van der Waals surface area contributed by atoms with Crippen LogP contribution in [0.2, 0.25) is 0 Å². The largest absolute Gasteiger partial charge is 0.214 e. The minimum Gasteiger partial charge on any atom is -0.214 e. The summed E-state index contributed by atoms with van der Waals surface area (Å²) in [6, 6.07) is 11.5. The second kappa shape index (κ2) is 3.84. The Kier molecular flexibility index (Phi) is 2.38. The van der Waals surface area contributed by atoms with Crippen molar-refractivity contribution >= 4 is 0 Å². The normalized spacial score (nSPS) is 9.60. The molecule has 0 saturated heterocycles. The second-order valence-electron chi connectivity index (χ2n) is 3.05. The van der Waals surface area contributed by atoms with Crippen LogP contribution in [0.15, 0.2) is 30.3 Å². The number of hydrogen-bond donors (Lipinski definition) is 0. The van der Waals surface area contributed by atoms with Gasteiger partial charge in [0.1, 0.15) is 6.07 Å². The van der Waals surface area contributed by atoms with Crippen LogP contribution in [-0.4, -0.2) is 15.2 Å². The predicted octanol–water partition coefficient (Wildman–Crippen LogP) is 1.72. The standard InChI is InChI=1S/C11H8N4/c1-8-10(7-12)13-11(15-14-8)9-5-3-2-4-6-9/h2-6H,1H3. The van der Waals surface area contributed by atoms with Crippen LogP contribution >= 0.6 is 0 Å². The number of hydrogen-bond acceptors (Lipinski definition) is 4. The van der Waals surface area contributed by atoms with Crippen molar-refractivity contribution in [1.29, 1.82) is 5.26 Å². The fraction of sp³-hybridized carbons (Fsp3) is 0.0909. The molecular formula is C11H8N4. The molecule has 0 saturated carbocycles. The molecule has 0 aliphatic rings. The van der Waals surface area contributed by atoms with Gasteiger partial charge in [-0.2, -0.15) is 10.4 Å². The summed E-state index contributed by atoms with van der Waals surface area (Å²) < 4.78 is 0. The van der Waals surface area contributed by atoms with E-state index in [4.69, 9.17) is 5.26 Å². The lowest BCUT2D eigenvalue weighted by atomic mass is 10.2. The zero-order valence-corrected chi connectivity index (χ0v) is 8.18. The third kappa shape index (κ3) is 1.81. The smallest absolute Gasteiger partial charge is 0.183 e. The van der Waals surface area contributed by atoms with Gasteiger partial charge in [0.2, 0.25) is 0 Å². The monoisotopic (exact) mass is 196 g/mol. The molecule has 4 heteroatoms. The Labute approximate surface area is 87.2 Å². The molecule has 0 spiro atoms. The van der Waals surface area contributed by atoms with E-state index in [1.54, 1.807) is 6.92 Å². The van der Waals surface area contributed by atoms with Crippen LogP contribution < -0.4 is 0 Å². The molecule has 4 nitrogen and oxygen atoms in total. The Hall–Kier alpha value is -2.28. The molecule has 72 valence electrons. The van der Waals surface area contributed by atoms with Crippen LogP contribution in [0, 0.1) is 18.3 Å². The molecule has 0 bridgehead atoms. The lowest BCUT2D eigenvalue weighted by Crippen LogP contribution is -1.99. The first-order valence-corrected chi connectivity index (χ1v) is 4.48. The highest BCUT2D eigenvalue weighted by Crippen LogP contribution is 2.13. The molecular weight excluding hydrogens is 188 g/mol. The highest BCUT2D eigenvalue weighted by molar-refractivity contribution is 5.54. The van der Waals surface area contributed by atoms with Crippen molar-refractivity contribution in [3.63, 3.8) is 0 Å². The van der Waals surface area contributed by atoms with Crippen LogP contribution in [-0.2, 0) is 0 Å². The topological polar surface area (TPSA) is 62.5 Å². The van der Waals surface area contributed by atoms with Crippen molar-refractivity contribution in [3.8, 4) is 17.5 Å². The van der Waals surface area contributed by atoms with Crippen molar-refractivity contribution in [2.45, 2.75) is 6.92 Å². The van der Waals surface area contributed by atoms with Crippen molar-refractivity contribution in [2.24, 2.45) is 0 Å². The molecule has 0 N–H and O–H groups in total. The van der Waals surface area contributed by atoms with Crippen LogP contribution in [0.3, 0.4) is 0 Å². The van der Waals surface area contributed by atoms with E-state index in [0.29, 0.717) is 17.2 Å². The van der Waals surface area contributed by atoms with Crippen molar-refractivity contribution in [1.82, 2.24) is 15.2 Å². The average Bonchev–Trinajstić information content (AvgIpc) is 2.31. The Balaban J connectivity index is 2.52. The molecule has 1 aromatic heterocycles.